The Morgan fingerprint density at radius 1 is 1.24 bits per heavy atom. The molecule has 0 fully saturated rings. The van der Waals surface area contributed by atoms with E-state index >= 15 is 0 Å². The Bertz CT molecular complexity index is 650. The van der Waals surface area contributed by atoms with Gasteiger partial charge in [-0.3, -0.25) is 0 Å². The van der Waals surface area contributed by atoms with Crippen LogP contribution in [0.3, 0.4) is 0 Å². The molecular weight excluding hydrogens is 334 g/mol. The van der Waals surface area contributed by atoms with E-state index in [1.54, 1.807) is 25.3 Å². The Morgan fingerprint density at radius 3 is 2.67 bits per heavy atom. The molecule has 0 heterocycles. The molecule has 0 aromatic heterocycles. The summed E-state index contributed by atoms with van der Waals surface area (Å²) in [7, 11) is 1.59. The van der Waals surface area contributed by atoms with Crippen molar-refractivity contribution in [3.05, 3.63) is 57.6 Å². The van der Waals surface area contributed by atoms with E-state index in [0.29, 0.717) is 17.0 Å². The number of ether oxygens (including phenoxy) is 2. The first kappa shape index (κ1) is 15.4. The van der Waals surface area contributed by atoms with E-state index in [9.17, 15) is 4.79 Å². The number of benzene rings is 2. The molecule has 2 aromatic rings. The quantitative estimate of drug-likeness (QED) is 0.675. The first-order valence-corrected chi connectivity index (χ1v) is 7.15. The Hall–Kier alpha value is -2.01. The summed E-state index contributed by atoms with van der Waals surface area (Å²) in [5.41, 5.74) is 8.49. The number of aryl methyl sites for hydroxylation is 1. The molecule has 110 valence electrons. The van der Waals surface area contributed by atoms with Crippen LogP contribution in [0.2, 0.25) is 0 Å². The summed E-state index contributed by atoms with van der Waals surface area (Å²) in [6.07, 6.45) is 0. The lowest BCUT2D eigenvalue weighted by Gasteiger charge is -2.09. The van der Waals surface area contributed by atoms with Crippen molar-refractivity contribution >= 4 is 27.6 Å². The SMILES string of the molecule is COc1ccc(Br)c(COC(=O)c2cc(C)cc(N)c2)c1. The predicted octanol–water partition coefficient (Wildman–Crippen LogP) is 3.71. The van der Waals surface area contributed by atoms with Crippen LogP contribution in [0.15, 0.2) is 40.9 Å². The minimum atomic E-state index is -0.403. The van der Waals surface area contributed by atoms with Crippen molar-refractivity contribution in [2.45, 2.75) is 13.5 Å². The number of nitrogen functional groups attached to an aromatic ring is 1. The molecular formula is C16H16BrNO3. The molecule has 0 saturated heterocycles. The zero-order valence-electron chi connectivity index (χ0n) is 11.9. The zero-order chi connectivity index (χ0) is 15.4. The van der Waals surface area contributed by atoms with Crippen molar-refractivity contribution in [3.8, 4) is 5.75 Å². The fourth-order valence-corrected chi connectivity index (χ4v) is 2.31. The third-order valence-corrected chi connectivity index (χ3v) is 3.72. The smallest absolute Gasteiger partial charge is 0.338 e. The summed E-state index contributed by atoms with van der Waals surface area (Å²) in [6.45, 7) is 2.04. The van der Waals surface area contributed by atoms with E-state index in [4.69, 9.17) is 15.2 Å². The Kier molecular flexibility index (Phi) is 4.85. The highest BCUT2D eigenvalue weighted by molar-refractivity contribution is 9.10. The normalized spacial score (nSPS) is 10.2. The van der Waals surface area contributed by atoms with Crippen molar-refractivity contribution in [2.75, 3.05) is 12.8 Å². The lowest BCUT2D eigenvalue weighted by atomic mass is 10.1. The molecule has 4 nitrogen and oxygen atoms in total. The van der Waals surface area contributed by atoms with Gasteiger partial charge in [0, 0.05) is 15.7 Å². The summed E-state index contributed by atoms with van der Waals surface area (Å²) in [5, 5.41) is 0. The number of anilines is 1. The number of methoxy groups -OCH3 is 1. The monoisotopic (exact) mass is 349 g/mol. The number of carbonyl (C=O) groups is 1. The summed E-state index contributed by atoms with van der Waals surface area (Å²) >= 11 is 3.42. The highest BCUT2D eigenvalue weighted by Gasteiger charge is 2.10. The molecule has 0 aliphatic carbocycles. The lowest BCUT2D eigenvalue weighted by molar-refractivity contribution is 0.0471. The standard InChI is InChI=1S/C16H16BrNO3/c1-10-5-11(7-13(18)6-10)16(19)21-9-12-8-14(20-2)3-4-15(12)17/h3-8H,9,18H2,1-2H3. The molecule has 0 saturated carbocycles. The van der Waals surface area contributed by atoms with Crippen molar-refractivity contribution < 1.29 is 14.3 Å². The van der Waals surface area contributed by atoms with Gasteiger partial charge in [-0.05, 0) is 48.9 Å². The Morgan fingerprint density at radius 2 is 2.00 bits per heavy atom. The number of esters is 1. The molecule has 0 amide bonds. The van der Waals surface area contributed by atoms with Gasteiger partial charge in [0.05, 0.1) is 12.7 Å². The Labute approximate surface area is 132 Å². The maximum atomic E-state index is 12.1. The predicted molar refractivity (Wildman–Crippen MR) is 85.4 cm³/mol. The van der Waals surface area contributed by atoms with Crippen LogP contribution in [0.5, 0.6) is 5.75 Å². The fraction of sp³-hybridized carbons (Fsp3) is 0.188. The van der Waals surface area contributed by atoms with Crippen LogP contribution in [0.1, 0.15) is 21.5 Å². The number of carbonyl (C=O) groups excluding carboxylic acids is 1. The zero-order valence-corrected chi connectivity index (χ0v) is 13.4. The molecule has 0 spiro atoms. The van der Waals surface area contributed by atoms with Gasteiger partial charge in [-0.2, -0.15) is 0 Å². The molecule has 0 bridgehead atoms. The van der Waals surface area contributed by atoms with Gasteiger partial charge in [0.25, 0.3) is 0 Å². The average Bonchev–Trinajstić information content (AvgIpc) is 2.45. The second-order valence-corrected chi connectivity index (χ2v) is 5.52. The second kappa shape index (κ2) is 6.63. The molecule has 21 heavy (non-hydrogen) atoms. The highest BCUT2D eigenvalue weighted by Crippen LogP contribution is 2.23. The van der Waals surface area contributed by atoms with E-state index in [-0.39, 0.29) is 6.61 Å². The average molecular weight is 350 g/mol. The van der Waals surface area contributed by atoms with E-state index in [0.717, 1.165) is 15.6 Å². The topological polar surface area (TPSA) is 61.5 Å². The molecule has 0 aliphatic heterocycles. The number of rotatable bonds is 4. The van der Waals surface area contributed by atoms with Crippen LogP contribution >= 0.6 is 15.9 Å². The summed E-state index contributed by atoms with van der Waals surface area (Å²) in [4.78, 5) is 12.1. The highest BCUT2D eigenvalue weighted by atomic mass is 79.9. The molecule has 0 unspecified atom stereocenters. The van der Waals surface area contributed by atoms with Gasteiger partial charge in [-0.15, -0.1) is 0 Å². The first-order valence-electron chi connectivity index (χ1n) is 6.36. The maximum absolute atomic E-state index is 12.1. The van der Waals surface area contributed by atoms with Gasteiger partial charge in [0.15, 0.2) is 0 Å². The minimum absolute atomic E-state index is 0.157. The largest absolute Gasteiger partial charge is 0.497 e. The number of nitrogens with two attached hydrogens (primary N) is 1. The van der Waals surface area contributed by atoms with Crippen LogP contribution in [-0.2, 0) is 11.3 Å². The third-order valence-electron chi connectivity index (χ3n) is 2.95. The molecule has 5 heteroatoms. The van der Waals surface area contributed by atoms with Gasteiger partial charge in [0.2, 0.25) is 0 Å². The fourth-order valence-electron chi connectivity index (χ4n) is 1.95. The van der Waals surface area contributed by atoms with E-state index in [1.165, 1.54) is 0 Å². The van der Waals surface area contributed by atoms with Gasteiger partial charge in [0.1, 0.15) is 12.4 Å². The summed E-state index contributed by atoms with van der Waals surface area (Å²) in [5.74, 6) is 0.309. The van der Waals surface area contributed by atoms with Crippen LogP contribution in [0, 0.1) is 6.92 Å². The van der Waals surface area contributed by atoms with Crippen LogP contribution in [-0.4, -0.2) is 13.1 Å². The second-order valence-electron chi connectivity index (χ2n) is 4.67. The van der Waals surface area contributed by atoms with Crippen LogP contribution < -0.4 is 10.5 Å². The van der Waals surface area contributed by atoms with Crippen molar-refractivity contribution in [1.82, 2.24) is 0 Å². The molecule has 0 atom stereocenters. The summed E-state index contributed by atoms with van der Waals surface area (Å²) < 4.78 is 11.3. The molecule has 2 rings (SSSR count). The van der Waals surface area contributed by atoms with E-state index < -0.39 is 5.97 Å². The maximum Gasteiger partial charge on any atom is 0.338 e. The summed E-state index contributed by atoms with van der Waals surface area (Å²) in [6, 6.07) is 10.7. The molecule has 2 N–H and O–H groups in total. The van der Waals surface area contributed by atoms with Crippen LogP contribution in [0.25, 0.3) is 0 Å². The number of halogens is 1. The minimum Gasteiger partial charge on any atom is -0.497 e. The molecule has 2 aromatic carbocycles. The molecule has 0 radical (unpaired) electrons. The van der Waals surface area contributed by atoms with Gasteiger partial charge < -0.3 is 15.2 Å². The number of hydrogen-bond donors (Lipinski definition) is 1. The van der Waals surface area contributed by atoms with Gasteiger partial charge >= 0.3 is 5.97 Å². The van der Waals surface area contributed by atoms with Crippen molar-refractivity contribution in [2.24, 2.45) is 0 Å². The third kappa shape index (κ3) is 3.98. The number of hydrogen-bond acceptors (Lipinski definition) is 4. The molecule has 0 aliphatic rings. The van der Waals surface area contributed by atoms with Gasteiger partial charge in [-0.25, -0.2) is 4.79 Å². The van der Waals surface area contributed by atoms with Crippen molar-refractivity contribution in [1.29, 1.82) is 0 Å². The van der Waals surface area contributed by atoms with E-state index in [1.807, 2.05) is 25.1 Å². The lowest BCUT2D eigenvalue weighted by Crippen LogP contribution is -2.06. The van der Waals surface area contributed by atoms with E-state index in [2.05, 4.69) is 15.9 Å². The first-order chi connectivity index (χ1) is 9.99. The Balaban J connectivity index is 2.10. The van der Waals surface area contributed by atoms with Gasteiger partial charge in [-0.1, -0.05) is 15.9 Å². The van der Waals surface area contributed by atoms with Crippen molar-refractivity contribution in [3.63, 3.8) is 0 Å². The van der Waals surface area contributed by atoms with Crippen LogP contribution in [0.4, 0.5) is 5.69 Å².